The van der Waals surface area contributed by atoms with Crippen LogP contribution in [0.2, 0.25) is 5.02 Å². The summed E-state index contributed by atoms with van der Waals surface area (Å²) in [6.45, 7) is 6.29. The lowest BCUT2D eigenvalue weighted by molar-refractivity contribution is 0.0945. The zero-order chi connectivity index (χ0) is 19.4. The highest BCUT2D eigenvalue weighted by molar-refractivity contribution is 6.30. The molecule has 0 aliphatic carbocycles. The second-order valence-electron chi connectivity index (χ2n) is 6.42. The molecule has 138 valence electrons. The van der Waals surface area contributed by atoms with Gasteiger partial charge in [-0.25, -0.2) is 9.97 Å². The van der Waals surface area contributed by atoms with Crippen LogP contribution in [0.25, 0.3) is 0 Å². The minimum Gasteiger partial charge on any atom is -0.347 e. The highest BCUT2D eigenvalue weighted by Gasteiger charge is 2.11. The summed E-state index contributed by atoms with van der Waals surface area (Å²) >= 11 is 5.88. The zero-order valence-corrected chi connectivity index (χ0v) is 16.3. The molecule has 0 atom stereocenters. The van der Waals surface area contributed by atoms with Crippen LogP contribution < -0.4 is 10.6 Å². The van der Waals surface area contributed by atoms with Crippen molar-refractivity contribution in [3.05, 3.63) is 81.8 Å². The van der Waals surface area contributed by atoms with Crippen LogP contribution in [0.15, 0.2) is 48.5 Å². The lowest BCUT2D eigenvalue weighted by atomic mass is 10.1. The van der Waals surface area contributed by atoms with Gasteiger partial charge in [-0.05, 0) is 61.7 Å². The number of carbonyl (C=O) groups is 1. The Morgan fingerprint density at radius 3 is 2.41 bits per heavy atom. The Morgan fingerprint density at radius 2 is 1.70 bits per heavy atom. The van der Waals surface area contributed by atoms with Crippen LogP contribution in [0.4, 0.5) is 11.5 Å². The first-order chi connectivity index (χ1) is 12.9. The molecule has 1 aromatic heterocycles. The number of hydrogen-bond acceptors (Lipinski definition) is 4. The summed E-state index contributed by atoms with van der Waals surface area (Å²) in [7, 11) is 0. The van der Waals surface area contributed by atoms with Crippen molar-refractivity contribution in [2.75, 3.05) is 5.32 Å². The highest BCUT2D eigenvalue weighted by atomic mass is 35.5. The summed E-state index contributed by atoms with van der Waals surface area (Å²) in [6.07, 6.45) is 0. The minimum atomic E-state index is -0.251. The van der Waals surface area contributed by atoms with Gasteiger partial charge >= 0.3 is 0 Å². The summed E-state index contributed by atoms with van der Waals surface area (Å²) in [5.74, 6) is 0.862. The molecular weight excluding hydrogens is 360 g/mol. The SMILES string of the molecule is Cc1nc(Nc2ccc(C)c(C)c2)cc(C(=O)NCc2ccc(Cl)cc2)n1. The molecule has 6 heteroatoms. The maximum Gasteiger partial charge on any atom is 0.270 e. The average molecular weight is 381 g/mol. The van der Waals surface area contributed by atoms with E-state index in [0.29, 0.717) is 28.9 Å². The molecule has 2 aromatic carbocycles. The molecule has 2 N–H and O–H groups in total. The van der Waals surface area contributed by atoms with E-state index in [0.717, 1.165) is 11.3 Å². The molecule has 0 saturated heterocycles. The second-order valence-corrected chi connectivity index (χ2v) is 6.86. The zero-order valence-electron chi connectivity index (χ0n) is 15.5. The van der Waals surface area contributed by atoms with Gasteiger partial charge in [-0.15, -0.1) is 0 Å². The van der Waals surface area contributed by atoms with Crippen LogP contribution >= 0.6 is 11.6 Å². The molecular formula is C21H21ClN4O. The van der Waals surface area contributed by atoms with Crippen molar-refractivity contribution in [1.82, 2.24) is 15.3 Å². The van der Waals surface area contributed by atoms with E-state index in [4.69, 9.17) is 11.6 Å². The van der Waals surface area contributed by atoms with Crippen LogP contribution in [0.3, 0.4) is 0 Å². The van der Waals surface area contributed by atoms with Crippen LogP contribution in [-0.2, 0) is 6.54 Å². The third kappa shape index (κ3) is 5.05. The Balaban J connectivity index is 1.72. The molecule has 1 heterocycles. The largest absolute Gasteiger partial charge is 0.347 e. The number of carbonyl (C=O) groups excluding carboxylic acids is 1. The van der Waals surface area contributed by atoms with Gasteiger partial charge < -0.3 is 10.6 Å². The number of anilines is 2. The molecule has 0 bridgehead atoms. The normalized spacial score (nSPS) is 10.5. The monoisotopic (exact) mass is 380 g/mol. The number of nitrogens with zero attached hydrogens (tertiary/aromatic N) is 2. The molecule has 0 aliphatic rings. The lowest BCUT2D eigenvalue weighted by Crippen LogP contribution is -2.24. The van der Waals surface area contributed by atoms with Crippen molar-refractivity contribution in [3.63, 3.8) is 0 Å². The van der Waals surface area contributed by atoms with E-state index < -0.39 is 0 Å². The molecule has 0 saturated carbocycles. The first-order valence-electron chi connectivity index (χ1n) is 8.63. The molecule has 0 unspecified atom stereocenters. The van der Waals surface area contributed by atoms with Crippen LogP contribution in [0, 0.1) is 20.8 Å². The molecule has 0 spiro atoms. The molecule has 3 aromatic rings. The van der Waals surface area contributed by atoms with E-state index in [1.54, 1.807) is 25.1 Å². The van der Waals surface area contributed by atoms with Crippen LogP contribution in [0.1, 0.15) is 33.0 Å². The molecule has 1 amide bonds. The van der Waals surface area contributed by atoms with E-state index in [1.165, 1.54) is 11.1 Å². The van der Waals surface area contributed by atoms with Crippen molar-refractivity contribution in [2.24, 2.45) is 0 Å². The maximum atomic E-state index is 12.5. The number of rotatable bonds is 5. The fraction of sp³-hybridized carbons (Fsp3) is 0.190. The molecule has 5 nitrogen and oxygen atoms in total. The Morgan fingerprint density at radius 1 is 0.963 bits per heavy atom. The topological polar surface area (TPSA) is 66.9 Å². The van der Waals surface area contributed by atoms with Gasteiger partial charge in [-0.2, -0.15) is 0 Å². The summed E-state index contributed by atoms with van der Waals surface area (Å²) in [6, 6.07) is 15.1. The van der Waals surface area contributed by atoms with Gasteiger partial charge in [0.15, 0.2) is 0 Å². The average Bonchev–Trinajstić information content (AvgIpc) is 2.63. The standard InChI is InChI=1S/C21H21ClN4O/c1-13-4-9-18(10-14(13)2)26-20-11-19(24-15(3)25-20)21(27)23-12-16-5-7-17(22)8-6-16/h4-11H,12H2,1-3H3,(H,23,27)(H,24,25,26). The summed E-state index contributed by atoms with van der Waals surface area (Å²) in [4.78, 5) is 21.1. The number of nitrogens with one attached hydrogen (secondary N) is 2. The predicted molar refractivity (Wildman–Crippen MR) is 109 cm³/mol. The molecule has 3 rings (SSSR count). The Labute approximate surface area is 163 Å². The second kappa shape index (κ2) is 8.18. The van der Waals surface area contributed by atoms with Gasteiger partial charge in [0.2, 0.25) is 0 Å². The first-order valence-corrected chi connectivity index (χ1v) is 9.01. The van der Waals surface area contributed by atoms with Crippen molar-refractivity contribution in [2.45, 2.75) is 27.3 Å². The van der Waals surface area contributed by atoms with Crippen molar-refractivity contribution < 1.29 is 4.79 Å². The third-order valence-electron chi connectivity index (χ3n) is 4.22. The maximum absolute atomic E-state index is 12.5. The van der Waals surface area contributed by atoms with Gasteiger partial charge in [0, 0.05) is 23.3 Å². The van der Waals surface area contributed by atoms with Gasteiger partial charge in [-0.3, -0.25) is 4.79 Å². The first kappa shape index (κ1) is 18.9. The Kier molecular flexibility index (Phi) is 5.72. The number of aryl methyl sites for hydroxylation is 3. The van der Waals surface area contributed by atoms with E-state index in [9.17, 15) is 4.79 Å². The molecule has 0 radical (unpaired) electrons. The highest BCUT2D eigenvalue weighted by Crippen LogP contribution is 2.19. The van der Waals surface area contributed by atoms with Crippen molar-refractivity contribution in [1.29, 1.82) is 0 Å². The smallest absolute Gasteiger partial charge is 0.270 e. The van der Waals surface area contributed by atoms with Gasteiger partial charge in [0.25, 0.3) is 5.91 Å². The minimum absolute atomic E-state index is 0.251. The fourth-order valence-corrected chi connectivity index (χ4v) is 2.72. The van der Waals surface area contributed by atoms with Gasteiger partial charge in [0.1, 0.15) is 17.3 Å². The quantitative estimate of drug-likeness (QED) is 0.671. The van der Waals surface area contributed by atoms with Crippen molar-refractivity contribution in [3.8, 4) is 0 Å². The van der Waals surface area contributed by atoms with Gasteiger partial charge in [0.05, 0.1) is 0 Å². The summed E-state index contributed by atoms with van der Waals surface area (Å²) < 4.78 is 0. The summed E-state index contributed by atoms with van der Waals surface area (Å²) in [5, 5.41) is 6.78. The van der Waals surface area contributed by atoms with E-state index >= 15 is 0 Å². The van der Waals surface area contributed by atoms with E-state index in [-0.39, 0.29) is 5.91 Å². The fourth-order valence-electron chi connectivity index (χ4n) is 2.59. The molecule has 0 aliphatic heterocycles. The summed E-state index contributed by atoms with van der Waals surface area (Å²) in [5.41, 5.74) is 4.62. The van der Waals surface area contributed by atoms with Gasteiger partial charge in [-0.1, -0.05) is 29.8 Å². The Bertz CT molecular complexity index is 970. The Hall–Kier alpha value is -2.92. The number of benzene rings is 2. The molecule has 0 fully saturated rings. The van der Waals surface area contributed by atoms with E-state index in [2.05, 4.69) is 34.4 Å². The van der Waals surface area contributed by atoms with E-state index in [1.807, 2.05) is 30.3 Å². The predicted octanol–water partition coefficient (Wildman–Crippen LogP) is 4.73. The number of halogens is 1. The lowest BCUT2D eigenvalue weighted by Gasteiger charge is -2.10. The number of hydrogen-bond donors (Lipinski definition) is 2. The number of aromatic nitrogens is 2. The third-order valence-corrected chi connectivity index (χ3v) is 4.47. The molecule has 27 heavy (non-hydrogen) atoms. The number of amides is 1. The van der Waals surface area contributed by atoms with Crippen LogP contribution in [0.5, 0.6) is 0 Å². The van der Waals surface area contributed by atoms with Crippen LogP contribution in [-0.4, -0.2) is 15.9 Å². The van der Waals surface area contributed by atoms with Crippen molar-refractivity contribution >= 4 is 29.0 Å².